The highest BCUT2D eigenvalue weighted by atomic mass is 35.5. The quantitative estimate of drug-likeness (QED) is 0.488. The van der Waals surface area contributed by atoms with Crippen LogP contribution in [0.15, 0.2) is 48.0 Å². The second-order valence-electron chi connectivity index (χ2n) is 7.72. The number of halogens is 1. The lowest BCUT2D eigenvalue weighted by Crippen LogP contribution is -2.32. The second kappa shape index (κ2) is 8.50. The Morgan fingerprint density at radius 3 is 2.57 bits per heavy atom. The Morgan fingerprint density at radius 2 is 1.79 bits per heavy atom. The first-order valence-corrected chi connectivity index (χ1v) is 10.5. The van der Waals surface area contributed by atoms with Gasteiger partial charge in [-0.3, -0.25) is 0 Å². The van der Waals surface area contributed by atoms with Crippen LogP contribution in [-0.4, -0.2) is 30.3 Å². The van der Waals surface area contributed by atoms with Crippen LogP contribution in [0.1, 0.15) is 50.2 Å². The summed E-state index contributed by atoms with van der Waals surface area (Å²) in [7, 11) is 0. The minimum atomic E-state index is 0.294. The molecule has 1 saturated heterocycles. The van der Waals surface area contributed by atoms with Crippen LogP contribution in [0, 0.1) is 0 Å². The number of hydrogen-bond donors (Lipinski definition) is 0. The van der Waals surface area contributed by atoms with Crippen molar-refractivity contribution in [1.29, 1.82) is 0 Å². The summed E-state index contributed by atoms with van der Waals surface area (Å²) >= 11 is 6.21. The molecule has 2 aromatic rings. The molecule has 0 N–H and O–H groups in total. The molecule has 4 rings (SSSR count). The number of benzene rings is 2. The first kappa shape index (κ1) is 19.2. The number of fused-ring (bicyclic) bond motifs is 2. The van der Waals surface area contributed by atoms with E-state index in [0.29, 0.717) is 17.2 Å². The van der Waals surface area contributed by atoms with E-state index in [9.17, 15) is 4.79 Å². The normalized spacial score (nSPS) is 16.4. The molecule has 1 fully saturated rings. The lowest BCUT2D eigenvalue weighted by atomic mass is 9.86. The summed E-state index contributed by atoms with van der Waals surface area (Å²) in [5.41, 5.74) is 5.15. The molecule has 0 aromatic heterocycles. The summed E-state index contributed by atoms with van der Waals surface area (Å²) in [4.78, 5) is 13.6. The van der Waals surface area contributed by atoms with Crippen LogP contribution in [0.5, 0.6) is 11.5 Å². The minimum absolute atomic E-state index is 0.294. The predicted molar refractivity (Wildman–Crippen MR) is 114 cm³/mol. The number of hydrogen-bond acceptors (Lipinski definition) is 3. The minimum Gasteiger partial charge on any atom is -0.456 e. The van der Waals surface area contributed by atoms with E-state index in [-0.39, 0.29) is 0 Å². The first-order valence-electron chi connectivity index (χ1n) is 10.1. The molecule has 146 valence electrons. The highest BCUT2D eigenvalue weighted by molar-refractivity contribution is 6.30. The SMILES string of the molecule is CC(=O)CCCCN1CCC(=C2c3ccccc3Oc3cc(Cl)ccc32)CC1. The van der Waals surface area contributed by atoms with Gasteiger partial charge in [0.15, 0.2) is 0 Å². The van der Waals surface area contributed by atoms with Gasteiger partial charge in [-0.25, -0.2) is 0 Å². The molecule has 0 spiro atoms. The van der Waals surface area contributed by atoms with Crippen LogP contribution in [0.25, 0.3) is 5.57 Å². The number of nitrogens with zero attached hydrogens (tertiary/aromatic N) is 1. The molecule has 4 heteroatoms. The lowest BCUT2D eigenvalue weighted by Gasteiger charge is -2.32. The third kappa shape index (κ3) is 4.16. The zero-order valence-corrected chi connectivity index (χ0v) is 17.1. The van der Waals surface area contributed by atoms with Gasteiger partial charge in [-0.15, -0.1) is 0 Å². The molecule has 0 aliphatic carbocycles. The molecule has 0 radical (unpaired) electrons. The van der Waals surface area contributed by atoms with Gasteiger partial charge in [0.1, 0.15) is 17.3 Å². The highest BCUT2D eigenvalue weighted by Gasteiger charge is 2.26. The van der Waals surface area contributed by atoms with E-state index < -0.39 is 0 Å². The van der Waals surface area contributed by atoms with Gasteiger partial charge >= 0.3 is 0 Å². The number of carbonyl (C=O) groups excluding carboxylic acids is 1. The van der Waals surface area contributed by atoms with E-state index in [1.807, 2.05) is 24.3 Å². The van der Waals surface area contributed by atoms with Crippen molar-refractivity contribution in [2.45, 2.75) is 39.0 Å². The number of likely N-dealkylation sites (tertiary alicyclic amines) is 1. The van der Waals surface area contributed by atoms with Gasteiger partial charge in [0.25, 0.3) is 0 Å². The molecular weight excluding hydrogens is 370 g/mol. The van der Waals surface area contributed by atoms with Gasteiger partial charge in [0.2, 0.25) is 0 Å². The van der Waals surface area contributed by atoms with Gasteiger partial charge in [-0.2, -0.15) is 0 Å². The Hall–Kier alpha value is -2.10. The van der Waals surface area contributed by atoms with E-state index in [2.05, 4.69) is 23.1 Å². The molecular formula is C24H26ClNO2. The molecule has 0 atom stereocenters. The number of piperidine rings is 1. The maximum Gasteiger partial charge on any atom is 0.136 e. The molecule has 0 amide bonds. The average Bonchev–Trinajstić information content (AvgIpc) is 2.70. The molecule has 0 unspecified atom stereocenters. The van der Waals surface area contributed by atoms with Crippen molar-refractivity contribution >= 4 is 23.0 Å². The van der Waals surface area contributed by atoms with E-state index in [1.54, 1.807) is 6.92 Å². The number of Topliss-reactive ketones (excluding diaryl/α,β-unsaturated/α-hetero) is 1. The van der Waals surface area contributed by atoms with Crippen LogP contribution in [0.2, 0.25) is 5.02 Å². The molecule has 2 heterocycles. The number of ether oxygens (including phenoxy) is 1. The van der Waals surface area contributed by atoms with Crippen molar-refractivity contribution in [2.24, 2.45) is 0 Å². The lowest BCUT2D eigenvalue weighted by molar-refractivity contribution is -0.117. The molecule has 2 aliphatic heterocycles. The first-order chi connectivity index (χ1) is 13.6. The second-order valence-corrected chi connectivity index (χ2v) is 8.15. The van der Waals surface area contributed by atoms with Crippen molar-refractivity contribution in [2.75, 3.05) is 19.6 Å². The van der Waals surface area contributed by atoms with Gasteiger partial charge in [-0.05, 0) is 62.9 Å². The molecule has 0 bridgehead atoms. The highest BCUT2D eigenvalue weighted by Crippen LogP contribution is 2.47. The summed E-state index contributed by atoms with van der Waals surface area (Å²) in [5.74, 6) is 2.05. The third-order valence-electron chi connectivity index (χ3n) is 5.66. The van der Waals surface area contributed by atoms with Crippen molar-refractivity contribution in [3.8, 4) is 11.5 Å². The Balaban J connectivity index is 1.54. The fourth-order valence-electron chi connectivity index (χ4n) is 4.20. The van der Waals surface area contributed by atoms with E-state index >= 15 is 0 Å². The van der Waals surface area contributed by atoms with Crippen molar-refractivity contribution in [3.63, 3.8) is 0 Å². The van der Waals surface area contributed by atoms with Crippen LogP contribution < -0.4 is 4.74 Å². The zero-order valence-electron chi connectivity index (χ0n) is 16.3. The maximum absolute atomic E-state index is 11.1. The average molecular weight is 396 g/mol. The molecule has 2 aliphatic rings. The van der Waals surface area contributed by atoms with Crippen LogP contribution in [-0.2, 0) is 4.79 Å². The van der Waals surface area contributed by atoms with Gasteiger partial charge in [0.05, 0.1) is 0 Å². The largest absolute Gasteiger partial charge is 0.456 e. The van der Waals surface area contributed by atoms with Crippen LogP contribution in [0.3, 0.4) is 0 Å². The fraction of sp³-hybridized carbons (Fsp3) is 0.375. The van der Waals surface area contributed by atoms with Crippen molar-refractivity contribution in [3.05, 3.63) is 64.2 Å². The number of unbranched alkanes of at least 4 members (excludes halogenated alkanes) is 1. The molecule has 3 nitrogen and oxygen atoms in total. The third-order valence-corrected chi connectivity index (χ3v) is 5.89. The molecule has 28 heavy (non-hydrogen) atoms. The Bertz CT molecular complexity index is 909. The van der Waals surface area contributed by atoms with Crippen molar-refractivity contribution in [1.82, 2.24) is 4.90 Å². The number of para-hydroxylation sites is 1. The number of rotatable bonds is 5. The molecule has 2 aromatic carbocycles. The predicted octanol–water partition coefficient (Wildman–Crippen LogP) is 6.10. The standard InChI is InChI=1S/C24H26ClNO2/c1-17(27)6-4-5-13-26-14-11-18(12-15-26)24-20-7-2-3-8-22(20)28-23-16-19(25)9-10-21(23)24/h2-3,7-10,16H,4-6,11-15H2,1H3. The van der Waals surface area contributed by atoms with Crippen LogP contribution >= 0.6 is 11.6 Å². The monoisotopic (exact) mass is 395 g/mol. The van der Waals surface area contributed by atoms with Crippen LogP contribution in [0.4, 0.5) is 0 Å². The van der Waals surface area contributed by atoms with Crippen molar-refractivity contribution < 1.29 is 9.53 Å². The maximum atomic E-state index is 11.1. The number of carbonyl (C=O) groups is 1. The van der Waals surface area contributed by atoms with E-state index in [4.69, 9.17) is 16.3 Å². The van der Waals surface area contributed by atoms with Gasteiger partial charge < -0.3 is 14.4 Å². The zero-order chi connectivity index (χ0) is 19.5. The topological polar surface area (TPSA) is 29.5 Å². The summed E-state index contributed by atoms with van der Waals surface area (Å²) in [5, 5.41) is 0.697. The molecule has 0 saturated carbocycles. The van der Waals surface area contributed by atoms with Gasteiger partial charge in [-0.1, -0.05) is 35.4 Å². The Morgan fingerprint density at radius 1 is 1.04 bits per heavy atom. The number of ketones is 1. The van der Waals surface area contributed by atoms with E-state index in [1.165, 1.54) is 16.7 Å². The van der Waals surface area contributed by atoms with Gasteiger partial charge in [0, 0.05) is 41.7 Å². The fourth-order valence-corrected chi connectivity index (χ4v) is 4.36. The summed E-state index contributed by atoms with van der Waals surface area (Å²) in [6, 6.07) is 14.2. The summed E-state index contributed by atoms with van der Waals surface area (Å²) in [6.45, 7) is 4.91. The Kier molecular flexibility index (Phi) is 5.84. The smallest absolute Gasteiger partial charge is 0.136 e. The summed E-state index contributed by atoms with van der Waals surface area (Å²) < 4.78 is 6.13. The Labute approximate surface area is 172 Å². The summed E-state index contributed by atoms with van der Waals surface area (Å²) in [6.07, 6.45) is 4.94. The van der Waals surface area contributed by atoms with E-state index in [0.717, 1.165) is 62.4 Å².